The number of hydrogen-bond donors (Lipinski definition) is 0. The normalized spacial score (nSPS) is 19.9. The van der Waals surface area contributed by atoms with Crippen LogP contribution >= 0.6 is 11.6 Å². The first-order chi connectivity index (χ1) is 19.8. The summed E-state index contributed by atoms with van der Waals surface area (Å²) < 4.78 is 5.40. The molecule has 1 saturated heterocycles. The summed E-state index contributed by atoms with van der Waals surface area (Å²) >= 11 is 5.89. The SMILES string of the molecule is C[C@@H]1C=CC[C@@H]2C(=O)N(c3ccc(-c4cc(C(=O)OCC(=O)c5ccc(Cl)cc5)c5ccccc5n4)cc3)C(=O)[C@H]12. The Morgan fingerprint density at radius 3 is 2.44 bits per heavy atom. The molecule has 2 heterocycles. The van der Waals surface area contributed by atoms with Gasteiger partial charge in [0, 0.05) is 21.5 Å². The molecule has 3 aromatic carbocycles. The second-order valence-corrected chi connectivity index (χ2v) is 10.7. The van der Waals surface area contributed by atoms with Crippen LogP contribution in [0, 0.1) is 17.8 Å². The third-order valence-corrected chi connectivity index (χ3v) is 7.98. The summed E-state index contributed by atoms with van der Waals surface area (Å²) in [4.78, 5) is 58.0. The van der Waals surface area contributed by atoms with E-state index >= 15 is 0 Å². The molecular formula is C33H25ClN2O5. The average Bonchev–Trinajstić information content (AvgIpc) is 3.25. The molecule has 0 radical (unpaired) electrons. The number of amides is 2. The molecule has 4 aromatic rings. The van der Waals surface area contributed by atoms with E-state index < -0.39 is 12.6 Å². The molecule has 1 fully saturated rings. The Labute approximate surface area is 241 Å². The number of pyridine rings is 1. The van der Waals surface area contributed by atoms with E-state index in [0.29, 0.717) is 44.9 Å². The number of anilines is 1. The van der Waals surface area contributed by atoms with Gasteiger partial charge in [-0.3, -0.25) is 19.3 Å². The number of benzene rings is 3. The largest absolute Gasteiger partial charge is 0.454 e. The van der Waals surface area contributed by atoms with E-state index in [4.69, 9.17) is 21.3 Å². The summed E-state index contributed by atoms with van der Waals surface area (Å²) in [7, 11) is 0. The number of nitrogens with zero attached hydrogens (tertiary/aromatic N) is 2. The maximum Gasteiger partial charge on any atom is 0.339 e. The zero-order chi connectivity index (χ0) is 28.7. The summed E-state index contributed by atoms with van der Waals surface area (Å²) in [5.74, 6) is -2.00. The molecule has 41 heavy (non-hydrogen) atoms. The van der Waals surface area contributed by atoms with Crippen LogP contribution in [0.25, 0.3) is 22.2 Å². The molecule has 0 bridgehead atoms. The van der Waals surface area contributed by atoms with Crippen molar-refractivity contribution in [3.8, 4) is 11.3 Å². The number of Topliss-reactive ketones (excluding diaryl/α,β-unsaturated/α-hetero) is 1. The summed E-state index contributed by atoms with van der Waals surface area (Å²) in [6.45, 7) is 1.54. The number of ketones is 1. The van der Waals surface area contributed by atoms with Crippen molar-refractivity contribution in [2.24, 2.45) is 17.8 Å². The molecule has 7 nitrogen and oxygen atoms in total. The van der Waals surface area contributed by atoms with Crippen molar-refractivity contribution < 1.29 is 23.9 Å². The maximum absolute atomic E-state index is 13.2. The lowest BCUT2D eigenvalue weighted by Crippen LogP contribution is -2.31. The van der Waals surface area contributed by atoms with Crippen LogP contribution in [-0.4, -0.2) is 35.2 Å². The van der Waals surface area contributed by atoms with Crippen LogP contribution in [0.15, 0.2) is 91.0 Å². The van der Waals surface area contributed by atoms with Gasteiger partial charge >= 0.3 is 5.97 Å². The Morgan fingerprint density at radius 2 is 1.71 bits per heavy atom. The van der Waals surface area contributed by atoms with Crippen LogP contribution in [0.1, 0.15) is 34.1 Å². The topological polar surface area (TPSA) is 93.6 Å². The Kier molecular flexibility index (Phi) is 6.97. The quantitative estimate of drug-likeness (QED) is 0.118. The van der Waals surface area contributed by atoms with E-state index in [-0.39, 0.29) is 40.9 Å². The number of para-hydroxylation sites is 1. The number of fused-ring (bicyclic) bond motifs is 2. The number of ether oxygens (including phenoxy) is 1. The minimum atomic E-state index is -0.651. The van der Waals surface area contributed by atoms with Gasteiger partial charge in [-0.15, -0.1) is 0 Å². The predicted molar refractivity (Wildman–Crippen MR) is 156 cm³/mol. The second-order valence-electron chi connectivity index (χ2n) is 10.3. The fourth-order valence-electron chi connectivity index (χ4n) is 5.60. The van der Waals surface area contributed by atoms with Gasteiger partial charge in [0.2, 0.25) is 11.8 Å². The number of carbonyl (C=O) groups excluding carboxylic acids is 4. The molecule has 6 rings (SSSR count). The molecule has 8 heteroatoms. The molecule has 2 amide bonds. The number of carbonyl (C=O) groups is 4. The number of hydrogen-bond acceptors (Lipinski definition) is 6. The lowest BCUT2D eigenvalue weighted by atomic mass is 9.78. The standard InChI is InChI=1S/C33H25ClN2O5/c1-19-5-4-7-25-30(19)32(39)36(31(25)38)23-15-11-20(12-16-23)28-17-26(24-6-2-3-8-27(24)35-28)33(40)41-18-29(37)21-9-13-22(34)14-10-21/h2-6,8-17,19,25,30H,7,18H2,1H3/t19-,25+,30-/m1/s1. The van der Waals surface area contributed by atoms with Crippen LogP contribution in [0.5, 0.6) is 0 Å². The van der Waals surface area contributed by atoms with Crippen LogP contribution in [0.4, 0.5) is 5.69 Å². The molecule has 0 spiro atoms. The van der Waals surface area contributed by atoms with E-state index in [0.717, 1.165) is 0 Å². The van der Waals surface area contributed by atoms with Crippen molar-refractivity contribution in [2.45, 2.75) is 13.3 Å². The van der Waals surface area contributed by atoms with Gasteiger partial charge in [-0.05, 0) is 60.9 Å². The predicted octanol–water partition coefficient (Wildman–Crippen LogP) is 6.30. The number of rotatable bonds is 6. The van der Waals surface area contributed by atoms with Crippen molar-refractivity contribution in [2.75, 3.05) is 11.5 Å². The lowest BCUT2D eigenvalue weighted by Gasteiger charge is -2.22. The minimum Gasteiger partial charge on any atom is -0.454 e. The molecule has 1 aromatic heterocycles. The lowest BCUT2D eigenvalue weighted by molar-refractivity contribution is -0.122. The smallest absolute Gasteiger partial charge is 0.339 e. The Balaban J connectivity index is 1.26. The van der Waals surface area contributed by atoms with Crippen molar-refractivity contribution in [3.05, 3.63) is 107 Å². The molecule has 204 valence electrons. The Bertz CT molecular complexity index is 1730. The fraction of sp³-hybridized carbons (Fsp3) is 0.182. The first-order valence-electron chi connectivity index (χ1n) is 13.3. The zero-order valence-electron chi connectivity index (χ0n) is 22.1. The van der Waals surface area contributed by atoms with E-state index in [2.05, 4.69) is 0 Å². The molecule has 0 saturated carbocycles. The van der Waals surface area contributed by atoms with Crippen LogP contribution in [0.3, 0.4) is 0 Å². The van der Waals surface area contributed by atoms with Gasteiger partial charge < -0.3 is 4.74 Å². The first-order valence-corrected chi connectivity index (χ1v) is 13.7. The first kappa shape index (κ1) is 26.6. The molecule has 0 unspecified atom stereocenters. The maximum atomic E-state index is 13.2. The van der Waals surface area contributed by atoms with E-state index in [1.54, 1.807) is 72.8 Å². The second kappa shape index (κ2) is 10.7. The van der Waals surface area contributed by atoms with E-state index in [1.807, 2.05) is 25.1 Å². The van der Waals surface area contributed by atoms with Crippen molar-refractivity contribution in [3.63, 3.8) is 0 Å². The van der Waals surface area contributed by atoms with Gasteiger partial charge in [-0.1, -0.05) is 61.0 Å². The highest BCUT2D eigenvalue weighted by Gasteiger charge is 2.50. The summed E-state index contributed by atoms with van der Waals surface area (Å²) in [5.41, 5.74) is 2.96. The Hall–Kier alpha value is -4.62. The third kappa shape index (κ3) is 4.93. The van der Waals surface area contributed by atoms with Gasteiger partial charge in [-0.25, -0.2) is 9.78 Å². The van der Waals surface area contributed by atoms with Crippen molar-refractivity contribution in [1.29, 1.82) is 0 Å². The molecular weight excluding hydrogens is 540 g/mol. The monoisotopic (exact) mass is 564 g/mol. The summed E-state index contributed by atoms with van der Waals surface area (Å²) in [5, 5.41) is 1.10. The van der Waals surface area contributed by atoms with Crippen molar-refractivity contribution >= 4 is 51.8 Å². The zero-order valence-corrected chi connectivity index (χ0v) is 22.9. The highest BCUT2D eigenvalue weighted by Crippen LogP contribution is 2.40. The van der Waals surface area contributed by atoms with Crippen LogP contribution in [-0.2, 0) is 14.3 Å². The van der Waals surface area contributed by atoms with E-state index in [1.165, 1.54) is 4.90 Å². The molecule has 3 atom stereocenters. The number of aromatic nitrogens is 1. The summed E-state index contributed by atoms with van der Waals surface area (Å²) in [6.07, 6.45) is 4.55. The molecule has 1 aliphatic carbocycles. The number of esters is 1. The van der Waals surface area contributed by atoms with E-state index in [9.17, 15) is 19.2 Å². The van der Waals surface area contributed by atoms with Gasteiger partial charge in [0.15, 0.2) is 12.4 Å². The van der Waals surface area contributed by atoms with Crippen molar-refractivity contribution in [1.82, 2.24) is 4.98 Å². The van der Waals surface area contributed by atoms with Crippen LogP contribution in [0.2, 0.25) is 5.02 Å². The van der Waals surface area contributed by atoms with Crippen LogP contribution < -0.4 is 4.90 Å². The van der Waals surface area contributed by atoms with Gasteiger partial charge in [0.1, 0.15) is 0 Å². The average molecular weight is 565 g/mol. The summed E-state index contributed by atoms with van der Waals surface area (Å²) in [6, 6.07) is 22.2. The molecule has 1 aliphatic heterocycles. The minimum absolute atomic E-state index is 0.0101. The number of imide groups is 1. The number of halogens is 1. The third-order valence-electron chi connectivity index (χ3n) is 7.73. The number of allylic oxidation sites excluding steroid dienone is 2. The van der Waals surface area contributed by atoms with Gasteiger partial charge in [-0.2, -0.15) is 0 Å². The molecule has 0 N–H and O–H groups in total. The molecule has 2 aliphatic rings. The van der Waals surface area contributed by atoms with Gasteiger partial charge in [0.25, 0.3) is 0 Å². The Morgan fingerprint density at radius 1 is 0.976 bits per heavy atom. The highest BCUT2D eigenvalue weighted by molar-refractivity contribution is 6.30. The fourth-order valence-corrected chi connectivity index (χ4v) is 5.73. The van der Waals surface area contributed by atoms with Gasteiger partial charge in [0.05, 0.1) is 34.3 Å². The highest BCUT2D eigenvalue weighted by atomic mass is 35.5.